The van der Waals surface area contributed by atoms with Crippen LogP contribution in [-0.4, -0.2) is 41.5 Å². The number of nitrogens with one attached hydrogen (secondary N) is 1. The van der Waals surface area contributed by atoms with E-state index in [-0.39, 0.29) is 29.1 Å². The Bertz CT molecular complexity index is 1010. The number of primary amides is 1. The molecule has 1 aromatic heterocycles. The number of amides is 2. The molecule has 0 bridgehead atoms. The molecule has 142 valence electrons. The van der Waals surface area contributed by atoms with Gasteiger partial charge in [0.05, 0.1) is 17.5 Å². The van der Waals surface area contributed by atoms with Crippen molar-refractivity contribution in [2.24, 2.45) is 5.73 Å². The molecule has 1 aliphatic carbocycles. The highest BCUT2D eigenvalue weighted by molar-refractivity contribution is 7.91. The van der Waals surface area contributed by atoms with Crippen LogP contribution in [0.25, 0.3) is 0 Å². The van der Waals surface area contributed by atoms with Crippen molar-refractivity contribution in [3.63, 3.8) is 0 Å². The molecule has 8 nitrogen and oxygen atoms in total. The van der Waals surface area contributed by atoms with E-state index in [1.54, 1.807) is 22.9 Å². The lowest BCUT2D eigenvalue weighted by atomic mass is 10.2. The third kappa shape index (κ3) is 3.73. The van der Waals surface area contributed by atoms with Gasteiger partial charge in [-0.05, 0) is 49.6 Å². The van der Waals surface area contributed by atoms with Crippen LogP contribution in [0.3, 0.4) is 0 Å². The molecule has 0 radical (unpaired) electrons. The van der Waals surface area contributed by atoms with Gasteiger partial charge in [0.15, 0.2) is 15.5 Å². The predicted molar refractivity (Wildman–Crippen MR) is 99.4 cm³/mol. The van der Waals surface area contributed by atoms with E-state index in [0.717, 1.165) is 18.5 Å². The van der Waals surface area contributed by atoms with E-state index in [4.69, 9.17) is 5.73 Å². The fourth-order valence-corrected chi connectivity index (χ4v) is 5.07. The predicted octanol–water partition coefficient (Wildman–Crippen LogP) is 1.47. The first-order valence-corrected chi connectivity index (χ1v) is 10.7. The zero-order valence-corrected chi connectivity index (χ0v) is 15.4. The molecule has 0 spiro atoms. The number of hydrogen-bond donors (Lipinski definition) is 2. The van der Waals surface area contributed by atoms with E-state index < -0.39 is 15.7 Å². The normalized spacial score (nSPS) is 21.1. The number of anilines is 1. The van der Waals surface area contributed by atoms with Crippen molar-refractivity contribution >= 4 is 27.3 Å². The Labute approximate surface area is 156 Å². The summed E-state index contributed by atoms with van der Waals surface area (Å²) >= 11 is 0. The SMILES string of the molecule is NC(=O)c1ccc(NC(=O)c2cc(C3CC3)n(C3CCS(=O)(=O)C3)n2)cc1. The van der Waals surface area contributed by atoms with Crippen LogP contribution in [0.15, 0.2) is 30.3 Å². The smallest absolute Gasteiger partial charge is 0.276 e. The standard InChI is InChI=1S/C18H20N4O4S/c19-17(23)12-3-5-13(6-4-12)20-18(24)15-9-16(11-1-2-11)22(21-15)14-7-8-27(25,26)10-14/h3-6,9,11,14H,1-2,7-8,10H2,(H2,19,23)(H,20,24). The van der Waals surface area contributed by atoms with Crippen molar-refractivity contribution in [1.29, 1.82) is 0 Å². The van der Waals surface area contributed by atoms with Crippen LogP contribution in [0.2, 0.25) is 0 Å². The Morgan fingerprint density at radius 2 is 1.85 bits per heavy atom. The molecule has 2 heterocycles. The molecule has 3 N–H and O–H groups in total. The summed E-state index contributed by atoms with van der Waals surface area (Å²) < 4.78 is 25.4. The summed E-state index contributed by atoms with van der Waals surface area (Å²) in [6, 6.07) is 7.82. The van der Waals surface area contributed by atoms with E-state index in [1.165, 1.54) is 12.1 Å². The lowest BCUT2D eigenvalue weighted by Crippen LogP contribution is -2.17. The highest BCUT2D eigenvalue weighted by atomic mass is 32.2. The molecule has 2 amide bonds. The number of benzene rings is 1. The molecular formula is C18H20N4O4S. The average molecular weight is 388 g/mol. The minimum atomic E-state index is -3.04. The van der Waals surface area contributed by atoms with E-state index in [9.17, 15) is 18.0 Å². The maximum Gasteiger partial charge on any atom is 0.276 e. The van der Waals surface area contributed by atoms with Gasteiger partial charge in [0.2, 0.25) is 5.91 Å². The van der Waals surface area contributed by atoms with Gasteiger partial charge in [-0.2, -0.15) is 5.10 Å². The number of sulfone groups is 1. The maximum atomic E-state index is 12.6. The van der Waals surface area contributed by atoms with Gasteiger partial charge in [0.1, 0.15) is 0 Å². The lowest BCUT2D eigenvalue weighted by Gasteiger charge is -2.12. The molecule has 4 rings (SSSR count). The van der Waals surface area contributed by atoms with Crippen LogP contribution in [0.1, 0.15) is 57.8 Å². The lowest BCUT2D eigenvalue weighted by molar-refractivity contribution is 0.0997. The number of nitrogens with zero attached hydrogens (tertiary/aromatic N) is 2. The largest absolute Gasteiger partial charge is 0.366 e. The summed E-state index contributed by atoms with van der Waals surface area (Å²) in [5.74, 6) is -0.327. The molecular weight excluding hydrogens is 368 g/mol. The summed E-state index contributed by atoms with van der Waals surface area (Å²) in [4.78, 5) is 23.7. The molecule has 1 aromatic carbocycles. The van der Waals surface area contributed by atoms with Crippen molar-refractivity contribution in [3.8, 4) is 0 Å². The number of nitrogens with two attached hydrogens (primary N) is 1. The summed E-state index contributed by atoms with van der Waals surface area (Å²) in [5.41, 5.74) is 7.29. The number of aromatic nitrogens is 2. The molecule has 2 aromatic rings. The van der Waals surface area contributed by atoms with E-state index in [1.807, 2.05) is 0 Å². The van der Waals surface area contributed by atoms with Crippen molar-refractivity contribution in [3.05, 3.63) is 47.3 Å². The second-order valence-electron chi connectivity index (χ2n) is 7.13. The molecule has 9 heteroatoms. The first kappa shape index (κ1) is 17.7. The maximum absolute atomic E-state index is 12.6. The van der Waals surface area contributed by atoms with Gasteiger partial charge >= 0.3 is 0 Å². The second kappa shape index (κ2) is 6.49. The zero-order chi connectivity index (χ0) is 19.2. The van der Waals surface area contributed by atoms with Crippen LogP contribution in [-0.2, 0) is 9.84 Å². The minimum Gasteiger partial charge on any atom is -0.366 e. The van der Waals surface area contributed by atoms with Gasteiger partial charge in [0.25, 0.3) is 5.91 Å². The number of carbonyl (C=O) groups excluding carboxylic acids is 2. The summed E-state index contributed by atoms with van der Waals surface area (Å²) in [6.07, 6.45) is 2.58. The van der Waals surface area contributed by atoms with Crippen LogP contribution in [0, 0.1) is 0 Å². The average Bonchev–Trinajstić information content (AvgIpc) is 3.26. The van der Waals surface area contributed by atoms with Crippen molar-refractivity contribution in [2.45, 2.75) is 31.2 Å². The Morgan fingerprint density at radius 3 is 2.41 bits per heavy atom. The zero-order valence-electron chi connectivity index (χ0n) is 14.6. The van der Waals surface area contributed by atoms with E-state index in [2.05, 4.69) is 10.4 Å². The van der Waals surface area contributed by atoms with Crippen LogP contribution < -0.4 is 11.1 Å². The van der Waals surface area contributed by atoms with Gasteiger partial charge in [-0.3, -0.25) is 14.3 Å². The fourth-order valence-electron chi connectivity index (χ4n) is 3.38. The molecule has 1 atom stereocenters. The number of rotatable bonds is 5. The summed E-state index contributed by atoms with van der Waals surface area (Å²) in [5, 5.41) is 7.17. The Kier molecular flexibility index (Phi) is 4.26. The first-order valence-electron chi connectivity index (χ1n) is 8.83. The Morgan fingerprint density at radius 1 is 1.15 bits per heavy atom. The molecule has 1 saturated heterocycles. The number of hydrogen-bond acceptors (Lipinski definition) is 5. The molecule has 2 fully saturated rings. The highest BCUT2D eigenvalue weighted by Crippen LogP contribution is 2.42. The topological polar surface area (TPSA) is 124 Å². The van der Waals surface area contributed by atoms with Gasteiger partial charge in [-0.1, -0.05) is 0 Å². The summed E-state index contributed by atoms with van der Waals surface area (Å²) in [7, 11) is -3.04. The number of carbonyl (C=O) groups is 2. The van der Waals surface area contributed by atoms with Gasteiger partial charge < -0.3 is 11.1 Å². The third-order valence-electron chi connectivity index (χ3n) is 4.97. The highest BCUT2D eigenvalue weighted by Gasteiger charge is 2.36. The quantitative estimate of drug-likeness (QED) is 0.803. The molecule has 2 aliphatic rings. The monoisotopic (exact) mass is 388 g/mol. The third-order valence-corrected chi connectivity index (χ3v) is 6.72. The molecule has 1 saturated carbocycles. The van der Waals surface area contributed by atoms with E-state index >= 15 is 0 Å². The molecule has 27 heavy (non-hydrogen) atoms. The Balaban J connectivity index is 1.55. The van der Waals surface area contributed by atoms with Crippen LogP contribution in [0.4, 0.5) is 5.69 Å². The fraction of sp³-hybridized carbons (Fsp3) is 0.389. The first-order chi connectivity index (χ1) is 12.8. The van der Waals surface area contributed by atoms with E-state index in [0.29, 0.717) is 23.6 Å². The van der Waals surface area contributed by atoms with Gasteiger partial charge in [-0.15, -0.1) is 0 Å². The van der Waals surface area contributed by atoms with Crippen LogP contribution in [0.5, 0.6) is 0 Å². The van der Waals surface area contributed by atoms with Gasteiger partial charge in [-0.25, -0.2) is 8.42 Å². The second-order valence-corrected chi connectivity index (χ2v) is 9.35. The van der Waals surface area contributed by atoms with Crippen molar-refractivity contribution in [1.82, 2.24) is 9.78 Å². The van der Waals surface area contributed by atoms with Gasteiger partial charge in [0, 0.05) is 22.9 Å². The van der Waals surface area contributed by atoms with Crippen molar-refractivity contribution < 1.29 is 18.0 Å². The molecule has 1 aliphatic heterocycles. The molecule has 1 unspecified atom stereocenters. The Hall–Kier alpha value is -2.68. The van der Waals surface area contributed by atoms with Crippen molar-refractivity contribution in [2.75, 3.05) is 16.8 Å². The summed E-state index contributed by atoms with van der Waals surface area (Å²) in [6.45, 7) is 0. The van der Waals surface area contributed by atoms with Crippen LogP contribution >= 0.6 is 0 Å². The minimum absolute atomic E-state index is 0.0735.